The average molecular weight is 488 g/mol. The van der Waals surface area contributed by atoms with E-state index in [0.717, 1.165) is 16.7 Å². The molecule has 38 heavy (non-hydrogen) atoms. The van der Waals surface area contributed by atoms with Gasteiger partial charge in [0.2, 0.25) is 0 Å². The van der Waals surface area contributed by atoms with Crippen LogP contribution in [0.2, 0.25) is 0 Å². The van der Waals surface area contributed by atoms with Gasteiger partial charge in [-0.05, 0) is 68.4 Å². The standard InChI is InChI=1S/C35H25N3/c1-35(2)29-11-7-6-10-27(29)28-16-17-30-32(33(28)35)34-31(20-36-21-37-34)38(30)26-15-14-24-18-23(12-13-25(24)19-26)22-8-4-3-5-9-22/h3-21H,1-2H3. The van der Waals surface area contributed by atoms with Crippen molar-refractivity contribution >= 4 is 32.7 Å². The fourth-order valence-corrected chi connectivity index (χ4v) is 6.56. The van der Waals surface area contributed by atoms with Crippen molar-refractivity contribution in [2.24, 2.45) is 0 Å². The third-order valence-electron chi connectivity index (χ3n) is 8.30. The maximum Gasteiger partial charge on any atom is 0.116 e. The van der Waals surface area contributed by atoms with E-state index in [2.05, 4.69) is 127 Å². The number of nitrogens with zero attached hydrogens (tertiary/aromatic N) is 3. The molecule has 0 aliphatic heterocycles. The molecule has 3 heteroatoms. The maximum absolute atomic E-state index is 4.84. The Bertz CT molecular complexity index is 2050. The topological polar surface area (TPSA) is 30.7 Å². The van der Waals surface area contributed by atoms with Crippen LogP contribution in [0.25, 0.3) is 60.6 Å². The Hall–Kier alpha value is -4.76. The van der Waals surface area contributed by atoms with Gasteiger partial charge in [-0.2, -0.15) is 0 Å². The highest BCUT2D eigenvalue weighted by molar-refractivity contribution is 6.12. The third-order valence-corrected chi connectivity index (χ3v) is 8.30. The highest BCUT2D eigenvalue weighted by Crippen LogP contribution is 2.52. The fourth-order valence-electron chi connectivity index (χ4n) is 6.56. The lowest BCUT2D eigenvalue weighted by molar-refractivity contribution is 0.666. The van der Waals surface area contributed by atoms with Crippen LogP contribution in [0.4, 0.5) is 0 Å². The number of fused-ring (bicyclic) bond motifs is 8. The Morgan fingerprint density at radius 2 is 1.45 bits per heavy atom. The van der Waals surface area contributed by atoms with Crippen molar-refractivity contribution in [2.45, 2.75) is 19.3 Å². The molecule has 5 aromatic carbocycles. The number of rotatable bonds is 2. The summed E-state index contributed by atoms with van der Waals surface area (Å²) in [5.41, 5.74) is 12.0. The lowest BCUT2D eigenvalue weighted by Gasteiger charge is -2.22. The molecule has 0 atom stereocenters. The Labute approximate surface area is 221 Å². The molecule has 0 radical (unpaired) electrons. The van der Waals surface area contributed by atoms with Crippen LogP contribution in [0, 0.1) is 0 Å². The first kappa shape index (κ1) is 21.3. The van der Waals surface area contributed by atoms with Gasteiger partial charge in [-0.25, -0.2) is 9.97 Å². The summed E-state index contributed by atoms with van der Waals surface area (Å²) in [7, 11) is 0. The number of aromatic nitrogens is 3. The largest absolute Gasteiger partial charge is 0.306 e. The molecule has 7 aromatic rings. The monoisotopic (exact) mass is 487 g/mol. The molecule has 0 bridgehead atoms. The Morgan fingerprint density at radius 1 is 0.658 bits per heavy atom. The van der Waals surface area contributed by atoms with E-state index < -0.39 is 0 Å². The van der Waals surface area contributed by atoms with Crippen molar-refractivity contribution < 1.29 is 0 Å². The first-order valence-corrected chi connectivity index (χ1v) is 13.1. The molecular weight excluding hydrogens is 462 g/mol. The molecule has 2 heterocycles. The zero-order chi connectivity index (χ0) is 25.4. The van der Waals surface area contributed by atoms with Gasteiger partial charge in [0.1, 0.15) is 11.8 Å². The molecular formula is C35H25N3. The van der Waals surface area contributed by atoms with E-state index in [1.807, 2.05) is 6.20 Å². The second-order valence-electron chi connectivity index (χ2n) is 10.8. The van der Waals surface area contributed by atoms with Crippen molar-refractivity contribution in [3.8, 4) is 27.9 Å². The predicted molar refractivity (Wildman–Crippen MR) is 157 cm³/mol. The minimum absolute atomic E-state index is 0.118. The van der Waals surface area contributed by atoms with Gasteiger partial charge in [0.05, 0.1) is 17.2 Å². The van der Waals surface area contributed by atoms with Crippen LogP contribution in [-0.2, 0) is 5.41 Å². The SMILES string of the molecule is CC1(C)c2ccccc2-c2ccc3c(c21)c1ncncc1n3-c1ccc2cc(-c3ccccc3)ccc2c1. The minimum atomic E-state index is -0.118. The van der Waals surface area contributed by atoms with Gasteiger partial charge >= 0.3 is 0 Å². The minimum Gasteiger partial charge on any atom is -0.306 e. The van der Waals surface area contributed by atoms with E-state index in [9.17, 15) is 0 Å². The van der Waals surface area contributed by atoms with Crippen LogP contribution in [-0.4, -0.2) is 14.5 Å². The third kappa shape index (κ3) is 2.84. The van der Waals surface area contributed by atoms with Crippen LogP contribution in [0.3, 0.4) is 0 Å². The van der Waals surface area contributed by atoms with E-state index in [1.54, 1.807) is 6.33 Å². The van der Waals surface area contributed by atoms with Gasteiger partial charge in [-0.1, -0.05) is 92.7 Å². The van der Waals surface area contributed by atoms with Crippen LogP contribution < -0.4 is 0 Å². The lowest BCUT2D eigenvalue weighted by atomic mass is 9.81. The van der Waals surface area contributed by atoms with Gasteiger partial charge in [0.15, 0.2) is 0 Å². The summed E-state index contributed by atoms with van der Waals surface area (Å²) >= 11 is 0. The van der Waals surface area contributed by atoms with Crippen LogP contribution >= 0.6 is 0 Å². The van der Waals surface area contributed by atoms with Crippen LogP contribution in [0.15, 0.2) is 116 Å². The molecule has 0 spiro atoms. The normalized spacial score (nSPS) is 13.7. The van der Waals surface area contributed by atoms with Gasteiger partial charge in [0, 0.05) is 16.5 Å². The molecule has 0 amide bonds. The maximum atomic E-state index is 4.84. The van der Waals surface area contributed by atoms with E-state index in [4.69, 9.17) is 4.98 Å². The van der Waals surface area contributed by atoms with Crippen molar-refractivity contribution in [3.05, 3.63) is 127 Å². The first-order valence-electron chi connectivity index (χ1n) is 13.1. The summed E-state index contributed by atoms with van der Waals surface area (Å²) in [4.78, 5) is 9.28. The summed E-state index contributed by atoms with van der Waals surface area (Å²) < 4.78 is 2.33. The van der Waals surface area contributed by atoms with Crippen molar-refractivity contribution in [2.75, 3.05) is 0 Å². The summed E-state index contributed by atoms with van der Waals surface area (Å²) in [6, 6.07) is 37.3. The van der Waals surface area contributed by atoms with E-state index in [-0.39, 0.29) is 5.41 Å². The fraction of sp³-hybridized carbons (Fsp3) is 0.0857. The lowest BCUT2D eigenvalue weighted by Crippen LogP contribution is -2.15. The van der Waals surface area contributed by atoms with E-state index in [1.165, 1.54) is 55.1 Å². The Balaban J connectivity index is 1.38. The van der Waals surface area contributed by atoms with Crippen LogP contribution in [0.1, 0.15) is 25.0 Å². The molecule has 0 saturated heterocycles. The number of hydrogen-bond acceptors (Lipinski definition) is 2. The second kappa shape index (κ2) is 7.62. The molecule has 0 saturated carbocycles. The zero-order valence-electron chi connectivity index (χ0n) is 21.3. The molecule has 0 N–H and O–H groups in total. The van der Waals surface area contributed by atoms with Gasteiger partial charge in [-0.3, -0.25) is 0 Å². The van der Waals surface area contributed by atoms with Crippen molar-refractivity contribution in [1.29, 1.82) is 0 Å². The average Bonchev–Trinajstić information content (AvgIpc) is 3.42. The smallest absolute Gasteiger partial charge is 0.116 e. The van der Waals surface area contributed by atoms with E-state index in [0.29, 0.717) is 0 Å². The van der Waals surface area contributed by atoms with Gasteiger partial charge in [0.25, 0.3) is 0 Å². The molecule has 0 fully saturated rings. The highest BCUT2D eigenvalue weighted by atomic mass is 15.0. The summed E-state index contributed by atoms with van der Waals surface area (Å²) in [5.74, 6) is 0. The Morgan fingerprint density at radius 3 is 2.34 bits per heavy atom. The predicted octanol–water partition coefficient (Wildman–Crippen LogP) is 8.70. The molecule has 1 aliphatic carbocycles. The molecule has 180 valence electrons. The summed E-state index contributed by atoms with van der Waals surface area (Å²) in [6.07, 6.45) is 3.62. The number of benzene rings is 5. The molecule has 2 aromatic heterocycles. The van der Waals surface area contributed by atoms with Gasteiger partial charge in [-0.15, -0.1) is 0 Å². The van der Waals surface area contributed by atoms with Gasteiger partial charge < -0.3 is 4.57 Å². The van der Waals surface area contributed by atoms with Crippen LogP contribution in [0.5, 0.6) is 0 Å². The molecule has 3 nitrogen and oxygen atoms in total. The highest BCUT2D eigenvalue weighted by Gasteiger charge is 2.38. The first-order chi connectivity index (χ1) is 18.6. The van der Waals surface area contributed by atoms with Crippen molar-refractivity contribution in [1.82, 2.24) is 14.5 Å². The number of hydrogen-bond donors (Lipinski definition) is 0. The summed E-state index contributed by atoms with van der Waals surface area (Å²) in [6.45, 7) is 4.67. The molecule has 8 rings (SSSR count). The Kier molecular flexibility index (Phi) is 4.28. The molecule has 1 aliphatic rings. The zero-order valence-corrected chi connectivity index (χ0v) is 21.3. The van der Waals surface area contributed by atoms with E-state index >= 15 is 0 Å². The second-order valence-corrected chi connectivity index (χ2v) is 10.8. The quantitative estimate of drug-likeness (QED) is 0.244. The summed E-state index contributed by atoms with van der Waals surface area (Å²) in [5, 5.41) is 3.66. The van der Waals surface area contributed by atoms with Crippen molar-refractivity contribution in [3.63, 3.8) is 0 Å². The molecule has 0 unspecified atom stereocenters.